The first kappa shape index (κ1) is 20.5. The molecule has 0 unspecified atom stereocenters. The number of nitrogens with zero attached hydrogens (tertiary/aromatic N) is 1. The SMILES string of the molecule is CCCN(Cc1cc2ccc(C)cc2[nH]c1=O)C(=O)c1cc(OC)cc(OC)c1. The van der Waals surface area contributed by atoms with Crippen LogP contribution in [0.4, 0.5) is 0 Å². The Bertz CT molecular complexity index is 1070. The van der Waals surface area contributed by atoms with Crippen LogP contribution in [0.1, 0.15) is 34.8 Å². The third-order valence-corrected chi connectivity index (χ3v) is 4.82. The van der Waals surface area contributed by atoms with Gasteiger partial charge in [-0.25, -0.2) is 0 Å². The predicted molar refractivity (Wildman–Crippen MR) is 114 cm³/mol. The maximum Gasteiger partial charge on any atom is 0.254 e. The average molecular weight is 394 g/mol. The Morgan fingerprint density at radius 2 is 1.72 bits per heavy atom. The number of carbonyl (C=O) groups excluding carboxylic acids is 1. The van der Waals surface area contributed by atoms with E-state index >= 15 is 0 Å². The number of amides is 1. The van der Waals surface area contributed by atoms with Crippen molar-refractivity contribution >= 4 is 16.8 Å². The molecule has 0 fully saturated rings. The van der Waals surface area contributed by atoms with E-state index in [9.17, 15) is 9.59 Å². The molecule has 152 valence electrons. The van der Waals surface area contributed by atoms with Gasteiger partial charge in [-0.2, -0.15) is 0 Å². The lowest BCUT2D eigenvalue weighted by Gasteiger charge is -2.22. The van der Waals surface area contributed by atoms with E-state index in [0.29, 0.717) is 29.2 Å². The van der Waals surface area contributed by atoms with E-state index in [-0.39, 0.29) is 18.0 Å². The van der Waals surface area contributed by atoms with Gasteiger partial charge in [0.25, 0.3) is 11.5 Å². The Labute approximate surface area is 170 Å². The molecule has 6 heteroatoms. The molecule has 1 amide bonds. The molecule has 0 aliphatic heterocycles. The van der Waals surface area contributed by atoms with E-state index in [4.69, 9.17) is 9.47 Å². The second-order valence-corrected chi connectivity index (χ2v) is 7.04. The quantitative estimate of drug-likeness (QED) is 0.660. The molecule has 0 saturated carbocycles. The molecule has 6 nitrogen and oxygen atoms in total. The number of aromatic amines is 1. The lowest BCUT2D eigenvalue weighted by atomic mass is 10.1. The van der Waals surface area contributed by atoms with E-state index in [1.165, 1.54) is 0 Å². The molecule has 2 aromatic carbocycles. The molecule has 3 aromatic rings. The summed E-state index contributed by atoms with van der Waals surface area (Å²) in [4.78, 5) is 30.4. The van der Waals surface area contributed by atoms with Crippen molar-refractivity contribution in [1.82, 2.24) is 9.88 Å². The fourth-order valence-electron chi connectivity index (χ4n) is 3.32. The lowest BCUT2D eigenvalue weighted by molar-refractivity contribution is 0.0742. The van der Waals surface area contributed by atoms with Gasteiger partial charge < -0.3 is 19.4 Å². The predicted octanol–water partition coefficient (Wildman–Crippen LogP) is 3.91. The van der Waals surface area contributed by atoms with Gasteiger partial charge in [0.2, 0.25) is 0 Å². The number of aryl methyl sites for hydroxylation is 1. The monoisotopic (exact) mass is 394 g/mol. The second kappa shape index (κ2) is 8.82. The van der Waals surface area contributed by atoms with Gasteiger partial charge in [-0.15, -0.1) is 0 Å². The molecule has 3 rings (SSSR count). The summed E-state index contributed by atoms with van der Waals surface area (Å²) in [6.45, 7) is 4.74. The molecule has 0 bridgehead atoms. The van der Waals surface area contributed by atoms with Crippen molar-refractivity contribution in [3.8, 4) is 11.5 Å². The minimum atomic E-state index is -0.180. The van der Waals surface area contributed by atoms with Crippen molar-refractivity contribution < 1.29 is 14.3 Å². The van der Waals surface area contributed by atoms with Crippen molar-refractivity contribution in [2.45, 2.75) is 26.8 Å². The first-order chi connectivity index (χ1) is 13.9. The number of H-pyrrole nitrogens is 1. The zero-order valence-electron chi connectivity index (χ0n) is 17.2. The third-order valence-electron chi connectivity index (χ3n) is 4.82. The van der Waals surface area contributed by atoms with Crippen LogP contribution in [0.15, 0.2) is 47.3 Å². The van der Waals surface area contributed by atoms with Crippen LogP contribution in [-0.4, -0.2) is 36.6 Å². The van der Waals surface area contributed by atoms with Gasteiger partial charge in [0.05, 0.1) is 20.8 Å². The van der Waals surface area contributed by atoms with Crippen LogP contribution < -0.4 is 15.0 Å². The maximum atomic E-state index is 13.2. The van der Waals surface area contributed by atoms with Crippen molar-refractivity contribution in [2.24, 2.45) is 0 Å². The van der Waals surface area contributed by atoms with Crippen LogP contribution in [0.2, 0.25) is 0 Å². The molecule has 1 aromatic heterocycles. The Morgan fingerprint density at radius 3 is 2.34 bits per heavy atom. The summed E-state index contributed by atoms with van der Waals surface area (Å²) in [5.74, 6) is 0.915. The Hall–Kier alpha value is -3.28. The summed E-state index contributed by atoms with van der Waals surface area (Å²) >= 11 is 0. The number of pyridine rings is 1. The highest BCUT2D eigenvalue weighted by molar-refractivity contribution is 5.95. The van der Waals surface area contributed by atoms with E-state index < -0.39 is 0 Å². The molecule has 0 spiro atoms. The van der Waals surface area contributed by atoms with Crippen LogP contribution in [0, 0.1) is 6.92 Å². The zero-order chi connectivity index (χ0) is 21.0. The van der Waals surface area contributed by atoms with Crippen molar-refractivity contribution in [2.75, 3.05) is 20.8 Å². The number of hydrogen-bond donors (Lipinski definition) is 1. The van der Waals surface area contributed by atoms with Gasteiger partial charge >= 0.3 is 0 Å². The molecule has 1 N–H and O–H groups in total. The van der Waals surface area contributed by atoms with E-state index in [0.717, 1.165) is 22.9 Å². The number of rotatable bonds is 7. The highest BCUT2D eigenvalue weighted by Gasteiger charge is 2.19. The summed E-state index contributed by atoms with van der Waals surface area (Å²) in [7, 11) is 3.09. The molecule has 1 heterocycles. The summed E-state index contributed by atoms with van der Waals surface area (Å²) in [6.07, 6.45) is 0.775. The Balaban J connectivity index is 1.95. The maximum absolute atomic E-state index is 13.2. The largest absolute Gasteiger partial charge is 0.497 e. The van der Waals surface area contributed by atoms with Crippen molar-refractivity contribution in [3.63, 3.8) is 0 Å². The number of ether oxygens (including phenoxy) is 2. The highest BCUT2D eigenvalue weighted by atomic mass is 16.5. The smallest absolute Gasteiger partial charge is 0.254 e. The number of carbonyl (C=O) groups is 1. The number of benzene rings is 2. The van der Waals surface area contributed by atoms with Crippen LogP contribution >= 0.6 is 0 Å². The van der Waals surface area contributed by atoms with Crippen LogP contribution in [0.25, 0.3) is 10.9 Å². The van der Waals surface area contributed by atoms with E-state index in [2.05, 4.69) is 4.98 Å². The fourth-order valence-corrected chi connectivity index (χ4v) is 3.32. The van der Waals surface area contributed by atoms with Gasteiger partial charge in [-0.1, -0.05) is 19.1 Å². The lowest BCUT2D eigenvalue weighted by Crippen LogP contribution is -2.33. The van der Waals surface area contributed by atoms with E-state index in [1.807, 2.05) is 38.1 Å². The van der Waals surface area contributed by atoms with Crippen LogP contribution in [0.3, 0.4) is 0 Å². The molecule has 0 aliphatic rings. The molecule has 0 atom stereocenters. The highest BCUT2D eigenvalue weighted by Crippen LogP contribution is 2.24. The number of aromatic nitrogens is 1. The van der Waals surface area contributed by atoms with Gasteiger partial charge in [0.1, 0.15) is 11.5 Å². The van der Waals surface area contributed by atoms with E-state index in [1.54, 1.807) is 37.3 Å². The number of hydrogen-bond acceptors (Lipinski definition) is 4. The van der Waals surface area contributed by atoms with Gasteiger partial charge in [-0.05, 0) is 48.6 Å². The zero-order valence-corrected chi connectivity index (χ0v) is 17.2. The molecule has 0 saturated heterocycles. The van der Waals surface area contributed by atoms with Crippen molar-refractivity contribution in [1.29, 1.82) is 0 Å². The van der Waals surface area contributed by atoms with Crippen LogP contribution in [-0.2, 0) is 6.54 Å². The Kier molecular flexibility index (Phi) is 6.22. The number of nitrogens with one attached hydrogen (secondary N) is 1. The number of methoxy groups -OCH3 is 2. The average Bonchev–Trinajstić information content (AvgIpc) is 2.72. The molecular weight excluding hydrogens is 368 g/mol. The first-order valence-corrected chi connectivity index (χ1v) is 9.60. The second-order valence-electron chi connectivity index (χ2n) is 7.04. The number of fused-ring (bicyclic) bond motifs is 1. The topological polar surface area (TPSA) is 71.6 Å². The summed E-state index contributed by atoms with van der Waals surface area (Å²) < 4.78 is 10.6. The van der Waals surface area contributed by atoms with Crippen LogP contribution in [0.5, 0.6) is 11.5 Å². The van der Waals surface area contributed by atoms with Crippen molar-refractivity contribution in [3.05, 3.63) is 69.5 Å². The molecule has 29 heavy (non-hydrogen) atoms. The standard InChI is InChI=1S/C23H26N2O4/c1-5-8-25(23(27)17-11-19(28-3)13-20(12-17)29-4)14-18-10-16-7-6-15(2)9-21(16)24-22(18)26/h6-7,9-13H,5,8,14H2,1-4H3,(H,24,26). The normalized spacial score (nSPS) is 10.8. The molecular formula is C23H26N2O4. The summed E-state index contributed by atoms with van der Waals surface area (Å²) in [6, 6.07) is 12.9. The van der Waals surface area contributed by atoms with Gasteiger partial charge in [-0.3, -0.25) is 9.59 Å². The first-order valence-electron chi connectivity index (χ1n) is 9.60. The molecule has 0 aliphatic carbocycles. The third kappa shape index (κ3) is 4.59. The van der Waals surface area contributed by atoms with Gasteiger partial charge in [0, 0.05) is 29.3 Å². The minimum absolute atomic E-state index is 0.174. The molecule has 0 radical (unpaired) electrons. The minimum Gasteiger partial charge on any atom is -0.497 e. The Morgan fingerprint density at radius 1 is 1.03 bits per heavy atom. The summed E-state index contributed by atoms with van der Waals surface area (Å²) in [5.41, 5.74) is 2.71. The fraction of sp³-hybridized carbons (Fsp3) is 0.304. The summed E-state index contributed by atoms with van der Waals surface area (Å²) in [5, 5.41) is 0.942. The van der Waals surface area contributed by atoms with Gasteiger partial charge in [0.15, 0.2) is 0 Å².